The molecule has 2 aromatic rings. The molecule has 2 nitrogen and oxygen atoms in total. The zero-order chi connectivity index (χ0) is 14.9. The van der Waals surface area contributed by atoms with E-state index in [4.69, 9.17) is 9.73 Å². The molecule has 0 bridgehead atoms. The van der Waals surface area contributed by atoms with Crippen LogP contribution < -0.4 is 0 Å². The number of benzene rings is 2. The Morgan fingerprint density at radius 3 is 2.38 bits per heavy atom. The van der Waals surface area contributed by atoms with Crippen molar-refractivity contribution in [3.63, 3.8) is 0 Å². The van der Waals surface area contributed by atoms with Crippen molar-refractivity contribution in [2.75, 3.05) is 5.33 Å². The molecule has 0 fully saturated rings. The van der Waals surface area contributed by atoms with Gasteiger partial charge < -0.3 is 4.74 Å². The molecule has 0 spiro atoms. The number of rotatable bonds is 3. The highest BCUT2D eigenvalue weighted by Gasteiger charge is 2.42. The molecule has 1 atom stereocenters. The molecule has 0 unspecified atom stereocenters. The first-order valence-corrected chi connectivity index (χ1v) is 8.28. The Hall–Kier alpha value is -1.61. The van der Waals surface area contributed by atoms with Gasteiger partial charge in [-0.25, -0.2) is 4.99 Å². The third kappa shape index (κ3) is 2.40. The van der Waals surface area contributed by atoms with Crippen LogP contribution in [0.1, 0.15) is 25.0 Å². The van der Waals surface area contributed by atoms with E-state index in [1.54, 1.807) is 0 Å². The van der Waals surface area contributed by atoms with E-state index in [2.05, 4.69) is 41.9 Å². The highest BCUT2D eigenvalue weighted by atomic mass is 79.9. The van der Waals surface area contributed by atoms with E-state index in [0.717, 1.165) is 22.1 Å². The molecule has 2 aromatic carbocycles. The minimum atomic E-state index is -0.385. The number of ether oxygens (including phenoxy) is 1. The summed E-state index contributed by atoms with van der Waals surface area (Å²) in [5, 5.41) is 0.737. The number of hydrogen-bond donors (Lipinski definition) is 0. The summed E-state index contributed by atoms with van der Waals surface area (Å²) in [5.41, 5.74) is 2.77. The lowest BCUT2D eigenvalue weighted by molar-refractivity contribution is 0.0281. The molecule has 0 N–H and O–H groups in total. The fraction of sp³-hybridized carbons (Fsp3) is 0.278. The van der Waals surface area contributed by atoms with Crippen LogP contribution in [0.15, 0.2) is 59.6 Å². The number of aliphatic imine (C=N–C) groups is 1. The molecular weight excluding hydrogens is 326 g/mol. The van der Waals surface area contributed by atoms with E-state index < -0.39 is 0 Å². The molecular formula is C18H18BrNO. The van der Waals surface area contributed by atoms with Gasteiger partial charge in [-0.2, -0.15) is 0 Å². The summed E-state index contributed by atoms with van der Waals surface area (Å²) in [6.45, 7) is 4.37. The van der Waals surface area contributed by atoms with Crippen LogP contribution in [-0.2, 0) is 10.3 Å². The molecule has 0 aromatic heterocycles. The topological polar surface area (TPSA) is 21.6 Å². The van der Waals surface area contributed by atoms with E-state index in [9.17, 15) is 0 Å². The molecule has 108 valence electrons. The Morgan fingerprint density at radius 2 is 1.71 bits per heavy atom. The minimum Gasteiger partial charge on any atom is -0.464 e. The molecule has 3 heteroatoms. The third-order valence-corrected chi connectivity index (χ3v) is 4.85. The summed E-state index contributed by atoms with van der Waals surface area (Å²) in [7, 11) is 0. The normalized spacial score (nSPS) is 20.7. The van der Waals surface area contributed by atoms with Gasteiger partial charge in [-0.05, 0) is 24.1 Å². The number of nitrogens with zero attached hydrogens (tertiary/aromatic N) is 1. The van der Waals surface area contributed by atoms with Crippen molar-refractivity contribution in [2.45, 2.75) is 19.4 Å². The van der Waals surface area contributed by atoms with Crippen molar-refractivity contribution >= 4 is 27.5 Å². The molecule has 21 heavy (non-hydrogen) atoms. The van der Waals surface area contributed by atoms with Gasteiger partial charge in [-0.15, -0.1) is 0 Å². The molecule has 0 radical (unpaired) electrons. The van der Waals surface area contributed by atoms with E-state index in [0.29, 0.717) is 11.8 Å². The van der Waals surface area contributed by atoms with Gasteiger partial charge in [0.15, 0.2) is 0 Å². The maximum atomic E-state index is 6.40. The minimum absolute atomic E-state index is 0.326. The Morgan fingerprint density at radius 1 is 1.05 bits per heavy atom. The summed E-state index contributed by atoms with van der Waals surface area (Å²) in [4.78, 5) is 4.71. The maximum absolute atomic E-state index is 6.40. The first-order chi connectivity index (χ1) is 10.2. The fourth-order valence-electron chi connectivity index (χ4n) is 2.68. The summed E-state index contributed by atoms with van der Waals surface area (Å²) in [5.74, 6) is 1.02. The second-order valence-electron chi connectivity index (χ2n) is 5.58. The Bertz CT molecular complexity index is 666. The van der Waals surface area contributed by atoms with Crippen LogP contribution in [0.5, 0.6) is 0 Å². The maximum Gasteiger partial charge on any atom is 0.222 e. The molecule has 0 saturated carbocycles. The summed E-state index contributed by atoms with van der Waals surface area (Å²) in [6.07, 6.45) is 0. The summed E-state index contributed by atoms with van der Waals surface area (Å²) in [6, 6.07) is 18.3. The van der Waals surface area contributed by atoms with Crippen molar-refractivity contribution in [3.8, 4) is 0 Å². The van der Waals surface area contributed by atoms with Crippen LogP contribution in [0.4, 0.5) is 5.69 Å². The van der Waals surface area contributed by atoms with Crippen molar-refractivity contribution in [3.05, 3.63) is 65.7 Å². The van der Waals surface area contributed by atoms with Gasteiger partial charge in [0, 0.05) is 16.5 Å². The van der Waals surface area contributed by atoms with Crippen LogP contribution in [0, 0.1) is 5.92 Å². The van der Waals surface area contributed by atoms with Crippen molar-refractivity contribution in [2.24, 2.45) is 10.9 Å². The van der Waals surface area contributed by atoms with Crippen LogP contribution >= 0.6 is 15.9 Å². The fourth-order valence-corrected chi connectivity index (χ4v) is 3.74. The average molecular weight is 344 g/mol. The molecule has 1 aliphatic heterocycles. The first-order valence-electron chi connectivity index (χ1n) is 7.16. The molecule has 0 aliphatic carbocycles. The van der Waals surface area contributed by atoms with E-state index in [-0.39, 0.29) is 5.60 Å². The van der Waals surface area contributed by atoms with Gasteiger partial charge in [-0.1, -0.05) is 66.2 Å². The van der Waals surface area contributed by atoms with Crippen LogP contribution in [0.25, 0.3) is 0 Å². The zero-order valence-electron chi connectivity index (χ0n) is 12.2. The van der Waals surface area contributed by atoms with Crippen LogP contribution in [0.3, 0.4) is 0 Å². The Kier molecular flexibility index (Phi) is 3.85. The molecule has 1 heterocycles. The van der Waals surface area contributed by atoms with E-state index >= 15 is 0 Å². The monoisotopic (exact) mass is 343 g/mol. The molecule has 0 amide bonds. The molecule has 3 rings (SSSR count). The zero-order valence-corrected chi connectivity index (χ0v) is 13.8. The molecule has 1 aliphatic rings. The number of halogens is 1. The van der Waals surface area contributed by atoms with Crippen LogP contribution in [-0.4, -0.2) is 11.2 Å². The van der Waals surface area contributed by atoms with E-state index in [1.807, 2.05) is 42.5 Å². The Balaban J connectivity index is 2.18. The Labute approximate surface area is 134 Å². The standard InChI is InChI=1S/C18H18BrNO/c1-13(2)18(12-19)15-10-6-7-11-16(15)20-17(21-18)14-8-4-3-5-9-14/h3-11,13H,12H2,1-2H3/t18-/m1/s1. The van der Waals surface area contributed by atoms with Gasteiger partial charge in [0.05, 0.1) is 5.69 Å². The predicted octanol–water partition coefficient (Wildman–Crippen LogP) is 5.04. The van der Waals surface area contributed by atoms with Crippen molar-refractivity contribution in [1.29, 1.82) is 0 Å². The lowest BCUT2D eigenvalue weighted by Gasteiger charge is -2.40. The molecule has 0 saturated heterocycles. The van der Waals surface area contributed by atoms with Gasteiger partial charge in [0.1, 0.15) is 5.60 Å². The lowest BCUT2D eigenvalue weighted by atomic mass is 9.83. The number of alkyl halides is 1. The van der Waals surface area contributed by atoms with Crippen LogP contribution in [0.2, 0.25) is 0 Å². The highest BCUT2D eigenvalue weighted by molar-refractivity contribution is 9.09. The summed E-state index contributed by atoms with van der Waals surface area (Å²) >= 11 is 3.66. The van der Waals surface area contributed by atoms with E-state index in [1.165, 1.54) is 0 Å². The quantitative estimate of drug-likeness (QED) is 0.715. The second-order valence-corrected chi connectivity index (χ2v) is 6.14. The largest absolute Gasteiger partial charge is 0.464 e. The van der Waals surface area contributed by atoms with Gasteiger partial charge in [0.25, 0.3) is 0 Å². The first kappa shape index (κ1) is 14.3. The van der Waals surface area contributed by atoms with Gasteiger partial charge in [0.2, 0.25) is 5.90 Å². The highest BCUT2D eigenvalue weighted by Crippen LogP contribution is 2.44. The summed E-state index contributed by atoms with van der Waals surface area (Å²) < 4.78 is 6.40. The number of fused-ring (bicyclic) bond motifs is 1. The smallest absolute Gasteiger partial charge is 0.222 e. The predicted molar refractivity (Wildman–Crippen MR) is 90.5 cm³/mol. The van der Waals surface area contributed by atoms with Gasteiger partial charge >= 0.3 is 0 Å². The SMILES string of the molecule is CC(C)[C@@]1(CBr)OC(c2ccccc2)=Nc2ccccc21. The van der Waals surface area contributed by atoms with Crippen molar-refractivity contribution in [1.82, 2.24) is 0 Å². The number of hydrogen-bond acceptors (Lipinski definition) is 2. The lowest BCUT2D eigenvalue weighted by Crippen LogP contribution is -2.41. The second kappa shape index (κ2) is 5.64. The number of para-hydroxylation sites is 1. The third-order valence-electron chi connectivity index (χ3n) is 4.01. The van der Waals surface area contributed by atoms with Crippen molar-refractivity contribution < 1.29 is 4.74 Å². The van der Waals surface area contributed by atoms with Gasteiger partial charge in [-0.3, -0.25) is 0 Å². The average Bonchev–Trinajstić information content (AvgIpc) is 2.54.